The first kappa shape index (κ1) is 15.9. The first-order valence-corrected chi connectivity index (χ1v) is 7.72. The molecule has 1 unspecified atom stereocenters. The van der Waals surface area contributed by atoms with E-state index >= 15 is 0 Å². The van der Waals surface area contributed by atoms with Crippen LogP contribution in [-0.2, 0) is 17.4 Å². The molecule has 0 N–H and O–H groups in total. The second-order valence-electron chi connectivity index (χ2n) is 6.11. The van der Waals surface area contributed by atoms with Crippen LogP contribution in [0.25, 0.3) is 0 Å². The Hall–Kier alpha value is -0.940. The fourth-order valence-corrected chi connectivity index (χ4v) is 3.61. The van der Waals surface area contributed by atoms with Gasteiger partial charge in [-0.2, -0.15) is 13.2 Å². The van der Waals surface area contributed by atoms with E-state index in [4.69, 9.17) is 23.2 Å². The van der Waals surface area contributed by atoms with Crippen molar-refractivity contribution in [3.8, 4) is 0 Å². The van der Waals surface area contributed by atoms with Crippen molar-refractivity contribution in [3.05, 3.63) is 29.3 Å². The quantitative estimate of drug-likeness (QED) is 0.678. The molecule has 1 aromatic carbocycles. The minimum Gasteiger partial charge on any atom is -0.312 e. The second-order valence-corrected chi connectivity index (χ2v) is 7.60. The maximum absolute atomic E-state index is 12.8. The number of nitrogens with zero attached hydrogens (tertiary/aromatic N) is 1. The van der Waals surface area contributed by atoms with Crippen LogP contribution in [0.1, 0.15) is 30.9 Å². The molecule has 0 bridgehead atoms. The predicted molar refractivity (Wildman–Crippen MR) is 79.3 cm³/mol. The summed E-state index contributed by atoms with van der Waals surface area (Å²) in [6, 6.07) is 3.50. The molecule has 1 heterocycles. The van der Waals surface area contributed by atoms with Crippen LogP contribution in [0, 0.1) is 5.41 Å². The third-order valence-electron chi connectivity index (χ3n) is 4.50. The van der Waals surface area contributed by atoms with E-state index in [1.807, 2.05) is 0 Å². The Labute approximate surface area is 136 Å². The second kappa shape index (κ2) is 4.78. The maximum Gasteiger partial charge on any atom is 0.416 e. The van der Waals surface area contributed by atoms with Crippen molar-refractivity contribution < 1.29 is 18.0 Å². The number of halogens is 5. The Morgan fingerprint density at radius 3 is 2.50 bits per heavy atom. The summed E-state index contributed by atoms with van der Waals surface area (Å²) in [4.78, 5) is 14.2. The monoisotopic (exact) mass is 351 g/mol. The number of benzene rings is 1. The molecule has 7 heteroatoms. The average Bonchev–Trinajstić information content (AvgIpc) is 2.95. The van der Waals surface area contributed by atoms with Crippen molar-refractivity contribution in [1.29, 1.82) is 0 Å². The lowest BCUT2D eigenvalue weighted by atomic mass is 9.97. The number of fused-ring (bicyclic) bond motifs is 1. The van der Waals surface area contributed by atoms with Crippen LogP contribution in [0.3, 0.4) is 0 Å². The molecule has 120 valence electrons. The first-order valence-electron chi connectivity index (χ1n) is 6.96. The van der Waals surface area contributed by atoms with Crippen molar-refractivity contribution in [2.75, 3.05) is 11.4 Å². The molecule has 1 fully saturated rings. The third kappa shape index (κ3) is 2.38. The molecule has 2 aliphatic rings. The zero-order chi connectivity index (χ0) is 16.3. The zero-order valence-corrected chi connectivity index (χ0v) is 13.3. The summed E-state index contributed by atoms with van der Waals surface area (Å²) in [6.07, 6.45) is -2.89. The van der Waals surface area contributed by atoms with Gasteiger partial charge in [0.15, 0.2) is 0 Å². The molecular formula is C15H14Cl2F3NO. The summed E-state index contributed by atoms with van der Waals surface area (Å²) < 4.78 is 37.3. The number of aryl methyl sites for hydroxylation is 1. The molecule has 3 rings (SSSR count). The van der Waals surface area contributed by atoms with Gasteiger partial charge in [0.05, 0.1) is 11.0 Å². The van der Waals surface area contributed by atoms with E-state index in [0.717, 1.165) is 12.1 Å². The van der Waals surface area contributed by atoms with Crippen molar-refractivity contribution >= 4 is 34.8 Å². The number of hydrogen-bond donors (Lipinski definition) is 0. The molecule has 1 amide bonds. The van der Waals surface area contributed by atoms with E-state index < -0.39 is 21.5 Å². The lowest BCUT2D eigenvalue weighted by Crippen LogP contribution is -2.41. The van der Waals surface area contributed by atoms with Gasteiger partial charge in [-0.15, -0.1) is 23.2 Å². The molecule has 1 aliphatic heterocycles. The van der Waals surface area contributed by atoms with E-state index in [1.165, 1.54) is 11.0 Å². The Kier molecular flexibility index (Phi) is 3.46. The maximum atomic E-state index is 12.8. The summed E-state index contributed by atoms with van der Waals surface area (Å²) in [5.74, 6) is -0.224. The number of anilines is 1. The third-order valence-corrected chi connectivity index (χ3v) is 5.60. The number of alkyl halides is 5. The van der Waals surface area contributed by atoms with Gasteiger partial charge >= 0.3 is 6.18 Å². The van der Waals surface area contributed by atoms with Gasteiger partial charge in [-0.25, -0.2) is 0 Å². The Balaban J connectivity index is 1.94. The standard InChI is InChI=1S/C15H14Cl2F3NO/c1-13(8-14(13,16)17)12(22)21-6-2-3-9-7-10(15(18,19)20)4-5-11(9)21/h4-5,7H,2-3,6,8H2,1H3. The summed E-state index contributed by atoms with van der Waals surface area (Å²) >= 11 is 12.1. The van der Waals surface area contributed by atoms with E-state index in [1.54, 1.807) is 6.92 Å². The minimum atomic E-state index is -4.38. The molecule has 0 radical (unpaired) electrons. The van der Waals surface area contributed by atoms with Crippen LogP contribution in [0.2, 0.25) is 0 Å². The Morgan fingerprint density at radius 1 is 1.32 bits per heavy atom. The summed E-state index contributed by atoms with van der Waals surface area (Å²) in [5, 5.41) is 0. The SMILES string of the molecule is CC1(C(=O)N2CCCc3cc(C(F)(F)F)ccc32)CC1(Cl)Cl. The van der Waals surface area contributed by atoms with E-state index in [0.29, 0.717) is 37.1 Å². The van der Waals surface area contributed by atoms with Crippen molar-refractivity contribution in [3.63, 3.8) is 0 Å². The summed E-state index contributed by atoms with van der Waals surface area (Å²) in [7, 11) is 0. The molecule has 2 nitrogen and oxygen atoms in total. The number of hydrogen-bond acceptors (Lipinski definition) is 1. The van der Waals surface area contributed by atoms with Gasteiger partial charge in [0, 0.05) is 12.2 Å². The highest BCUT2D eigenvalue weighted by molar-refractivity contribution is 6.53. The molecule has 1 aromatic rings. The summed E-state index contributed by atoms with van der Waals surface area (Å²) in [6.45, 7) is 2.16. The van der Waals surface area contributed by atoms with Crippen LogP contribution >= 0.6 is 23.2 Å². The van der Waals surface area contributed by atoms with E-state index in [9.17, 15) is 18.0 Å². The molecule has 1 atom stereocenters. The van der Waals surface area contributed by atoms with Crippen molar-refractivity contribution in [2.45, 2.75) is 36.7 Å². The van der Waals surface area contributed by atoms with Gasteiger partial charge in [-0.05, 0) is 49.9 Å². The smallest absolute Gasteiger partial charge is 0.312 e. The van der Waals surface area contributed by atoms with Gasteiger partial charge in [-0.1, -0.05) is 0 Å². The minimum absolute atomic E-state index is 0.224. The fourth-order valence-electron chi connectivity index (χ4n) is 2.91. The zero-order valence-electron chi connectivity index (χ0n) is 11.8. The molecule has 22 heavy (non-hydrogen) atoms. The first-order chi connectivity index (χ1) is 10.1. The normalized spacial score (nSPS) is 26.5. The highest BCUT2D eigenvalue weighted by atomic mass is 35.5. The van der Waals surface area contributed by atoms with Gasteiger partial charge in [0.2, 0.25) is 5.91 Å². The summed E-state index contributed by atoms with van der Waals surface area (Å²) in [5.41, 5.74) is -0.495. The largest absolute Gasteiger partial charge is 0.416 e. The van der Waals surface area contributed by atoms with Gasteiger partial charge in [0.25, 0.3) is 0 Å². The van der Waals surface area contributed by atoms with Crippen LogP contribution in [0.4, 0.5) is 18.9 Å². The van der Waals surface area contributed by atoms with Crippen LogP contribution < -0.4 is 4.90 Å². The van der Waals surface area contributed by atoms with Crippen LogP contribution in [-0.4, -0.2) is 16.8 Å². The topological polar surface area (TPSA) is 20.3 Å². The molecular weight excluding hydrogens is 338 g/mol. The molecule has 0 spiro atoms. The Morgan fingerprint density at radius 2 is 1.95 bits per heavy atom. The molecule has 1 saturated carbocycles. The fraction of sp³-hybridized carbons (Fsp3) is 0.533. The van der Waals surface area contributed by atoms with Gasteiger partial charge < -0.3 is 4.90 Å². The molecule has 1 aliphatic carbocycles. The average molecular weight is 352 g/mol. The van der Waals surface area contributed by atoms with Gasteiger partial charge in [0.1, 0.15) is 4.33 Å². The van der Waals surface area contributed by atoms with E-state index in [-0.39, 0.29) is 5.91 Å². The predicted octanol–water partition coefficient (Wildman–Crippen LogP) is 4.57. The van der Waals surface area contributed by atoms with Crippen LogP contribution in [0.5, 0.6) is 0 Å². The highest BCUT2D eigenvalue weighted by Gasteiger charge is 2.69. The van der Waals surface area contributed by atoms with E-state index in [2.05, 4.69) is 0 Å². The molecule has 0 saturated heterocycles. The number of carbonyl (C=O) groups is 1. The Bertz CT molecular complexity index is 644. The number of carbonyl (C=O) groups excluding carboxylic acids is 1. The number of amides is 1. The molecule has 0 aromatic heterocycles. The van der Waals surface area contributed by atoms with Gasteiger partial charge in [-0.3, -0.25) is 4.79 Å². The lowest BCUT2D eigenvalue weighted by molar-refractivity contribution is -0.137. The van der Waals surface area contributed by atoms with Crippen molar-refractivity contribution in [2.24, 2.45) is 5.41 Å². The number of rotatable bonds is 1. The van der Waals surface area contributed by atoms with Crippen LogP contribution in [0.15, 0.2) is 18.2 Å². The highest BCUT2D eigenvalue weighted by Crippen LogP contribution is 2.64. The van der Waals surface area contributed by atoms with Crippen molar-refractivity contribution in [1.82, 2.24) is 0 Å². The lowest BCUT2D eigenvalue weighted by Gasteiger charge is -2.32.